The lowest BCUT2D eigenvalue weighted by atomic mass is 10.0. The Hall–Kier alpha value is -1.84. The number of carbonyl (C=O) groups is 1. The van der Waals surface area contributed by atoms with Gasteiger partial charge in [0.05, 0.1) is 5.71 Å². The van der Waals surface area contributed by atoms with E-state index in [1.807, 2.05) is 35.2 Å². The van der Waals surface area contributed by atoms with Gasteiger partial charge in [-0.2, -0.15) is 0 Å². The third-order valence-corrected chi connectivity index (χ3v) is 3.47. The summed E-state index contributed by atoms with van der Waals surface area (Å²) >= 11 is 0. The van der Waals surface area contributed by atoms with Gasteiger partial charge in [-0.15, -0.1) is 0 Å². The number of oxime groups is 1. The average Bonchev–Trinajstić information content (AvgIpc) is 3.10. The molecule has 0 aromatic heterocycles. The molecule has 4 nitrogen and oxygen atoms in total. The summed E-state index contributed by atoms with van der Waals surface area (Å²) in [7, 11) is 0. The Morgan fingerprint density at radius 1 is 1.22 bits per heavy atom. The summed E-state index contributed by atoms with van der Waals surface area (Å²) in [6.07, 6.45) is 2.37. The van der Waals surface area contributed by atoms with Crippen molar-refractivity contribution >= 4 is 11.6 Å². The van der Waals surface area contributed by atoms with Crippen molar-refractivity contribution in [2.45, 2.75) is 25.4 Å². The largest absolute Gasteiger partial charge is 0.382 e. The van der Waals surface area contributed by atoms with Crippen LogP contribution >= 0.6 is 0 Å². The number of hydrogen-bond acceptors (Lipinski definition) is 3. The van der Waals surface area contributed by atoms with E-state index in [4.69, 9.17) is 4.84 Å². The number of benzene rings is 1. The van der Waals surface area contributed by atoms with E-state index in [1.54, 1.807) is 0 Å². The van der Waals surface area contributed by atoms with E-state index in [0.717, 1.165) is 37.2 Å². The predicted molar refractivity (Wildman–Crippen MR) is 68.3 cm³/mol. The van der Waals surface area contributed by atoms with Crippen LogP contribution in [0.4, 0.5) is 0 Å². The van der Waals surface area contributed by atoms with Crippen LogP contribution in [0.1, 0.15) is 24.8 Å². The first-order valence-electron chi connectivity index (χ1n) is 6.41. The van der Waals surface area contributed by atoms with Crippen molar-refractivity contribution in [3.05, 3.63) is 35.9 Å². The molecule has 0 unspecified atom stereocenters. The van der Waals surface area contributed by atoms with Gasteiger partial charge in [0.1, 0.15) is 0 Å². The molecule has 0 aliphatic carbocycles. The van der Waals surface area contributed by atoms with Crippen LogP contribution in [-0.2, 0) is 9.63 Å². The van der Waals surface area contributed by atoms with Gasteiger partial charge in [0.2, 0.25) is 6.10 Å². The topological polar surface area (TPSA) is 41.9 Å². The van der Waals surface area contributed by atoms with Crippen molar-refractivity contribution in [1.82, 2.24) is 4.90 Å². The maximum absolute atomic E-state index is 12.2. The number of carbonyl (C=O) groups excluding carboxylic acids is 1. The first kappa shape index (κ1) is 11.3. The van der Waals surface area contributed by atoms with Crippen LogP contribution in [0.15, 0.2) is 35.5 Å². The van der Waals surface area contributed by atoms with Crippen LogP contribution < -0.4 is 0 Å². The Kier molecular flexibility index (Phi) is 3.00. The van der Waals surface area contributed by atoms with Gasteiger partial charge in [0.15, 0.2) is 0 Å². The minimum atomic E-state index is -0.418. The van der Waals surface area contributed by atoms with Crippen molar-refractivity contribution in [1.29, 1.82) is 0 Å². The normalized spacial score (nSPS) is 22.8. The molecule has 4 heteroatoms. The summed E-state index contributed by atoms with van der Waals surface area (Å²) in [4.78, 5) is 19.3. The van der Waals surface area contributed by atoms with E-state index in [2.05, 4.69) is 5.16 Å². The van der Waals surface area contributed by atoms with E-state index < -0.39 is 6.10 Å². The Morgan fingerprint density at radius 2 is 1.94 bits per heavy atom. The van der Waals surface area contributed by atoms with Crippen LogP contribution in [-0.4, -0.2) is 35.7 Å². The van der Waals surface area contributed by atoms with Crippen LogP contribution in [0.25, 0.3) is 0 Å². The fourth-order valence-electron chi connectivity index (χ4n) is 2.45. The Balaban J connectivity index is 1.65. The van der Waals surface area contributed by atoms with E-state index in [0.29, 0.717) is 6.42 Å². The van der Waals surface area contributed by atoms with Gasteiger partial charge in [0, 0.05) is 19.5 Å². The number of rotatable bonds is 2. The first-order chi connectivity index (χ1) is 8.84. The summed E-state index contributed by atoms with van der Waals surface area (Å²) in [6.45, 7) is 1.72. The molecule has 1 amide bonds. The Bertz CT molecular complexity index is 464. The molecule has 2 aliphatic rings. The van der Waals surface area contributed by atoms with Crippen molar-refractivity contribution in [3.8, 4) is 0 Å². The van der Waals surface area contributed by atoms with Gasteiger partial charge < -0.3 is 9.74 Å². The Labute approximate surface area is 106 Å². The number of nitrogens with zero attached hydrogens (tertiary/aromatic N) is 2. The molecule has 0 spiro atoms. The lowest BCUT2D eigenvalue weighted by Crippen LogP contribution is -2.37. The first-order valence-corrected chi connectivity index (χ1v) is 6.41. The molecule has 0 N–H and O–H groups in total. The quantitative estimate of drug-likeness (QED) is 0.796. The van der Waals surface area contributed by atoms with E-state index in [9.17, 15) is 4.79 Å². The van der Waals surface area contributed by atoms with Gasteiger partial charge in [-0.1, -0.05) is 35.5 Å². The minimum Gasteiger partial charge on any atom is -0.382 e. The Morgan fingerprint density at radius 3 is 2.67 bits per heavy atom. The maximum Gasteiger partial charge on any atom is 0.266 e. The third-order valence-electron chi connectivity index (χ3n) is 3.47. The van der Waals surface area contributed by atoms with Gasteiger partial charge in [-0.25, -0.2) is 0 Å². The molecule has 3 rings (SSSR count). The summed E-state index contributed by atoms with van der Waals surface area (Å²) in [5.74, 6) is 0.0854. The SMILES string of the molecule is O=C([C@@H]1CC(c2ccccc2)=NO1)N1CCCC1. The zero-order valence-electron chi connectivity index (χ0n) is 10.2. The molecule has 94 valence electrons. The highest BCUT2D eigenvalue weighted by molar-refractivity contribution is 6.04. The molecule has 0 radical (unpaired) electrons. The van der Waals surface area contributed by atoms with Crippen molar-refractivity contribution in [2.24, 2.45) is 5.16 Å². The van der Waals surface area contributed by atoms with Gasteiger partial charge in [0.25, 0.3) is 5.91 Å². The zero-order valence-corrected chi connectivity index (χ0v) is 10.2. The summed E-state index contributed by atoms with van der Waals surface area (Å²) in [6, 6.07) is 9.88. The highest BCUT2D eigenvalue weighted by Gasteiger charge is 2.33. The fourth-order valence-corrected chi connectivity index (χ4v) is 2.45. The second kappa shape index (κ2) is 4.80. The van der Waals surface area contributed by atoms with Crippen molar-refractivity contribution < 1.29 is 9.63 Å². The lowest BCUT2D eigenvalue weighted by Gasteiger charge is -2.18. The molecule has 0 bridgehead atoms. The van der Waals surface area contributed by atoms with Gasteiger partial charge >= 0.3 is 0 Å². The van der Waals surface area contributed by atoms with Gasteiger partial charge in [-0.05, 0) is 18.4 Å². The average molecular weight is 244 g/mol. The number of hydrogen-bond donors (Lipinski definition) is 0. The fraction of sp³-hybridized carbons (Fsp3) is 0.429. The van der Waals surface area contributed by atoms with E-state index >= 15 is 0 Å². The highest BCUT2D eigenvalue weighted by atomic mass is 16.6. The molecule has 1 fully saturated rings. The monoisotopic (exact) mass is 244 g/mol. The molecular formula is C14H16N2O2. The number of likely N-dealkylation sites (tertiary alicyclic amines) is 1. The summed E-state index contributed by atoms with van der Waals surface area (Å²) in [5, 5.41) is 4.05. The van der Waals surface area contributed by atoms with E-state index in [1.165, 1.54) is 0 Å². The third kappa shape index (κ3) is 2.10. The minimum absolute atomic E-state index is 0.0854. The zero-order chi connectivity index (χ0) is 12.4. The predicted octanol–water partition coefficient (Wildman–Crippen LogP) is 1.80. The van der Waals surface area contributed by atoms with Crippen LogP contribution in [0, 0.1) is 0 Å². The molecule has 1 saturated heterocycles. The molecule has 1 atom stereocenters. The second-order valence-corrected chi connectivity index (χ2v) is 4.73. The van der Waals surface area contributed by atoms with Crippen molar-refractivity contribution in [2.75, 3.05) is 13.1 Å². The molecule has 2 heterocycles. The molecular weight excluding hydrogens is 228 g/mol. The van der Waals surface area contributed by atoms with Crippen LogP contribution in [0.5, 0.6) is 0 Å². The van der Waals surface area contributed by atoms with Crippen molar-refractivity contribution in [3.63, 3.8) is 0 Å². The van der Waals surface area contributed by atoms with Gasteiger partial charge in [-0.3, -0.25) is 4.79 Å². The van der Waals surface area contributed by atoms with Crippen LogP contribution in [0.3, 0.4) is 0 Å². The molecule has 1 aromatic carbocycles. The smallest absolute Gasteiger partial charge is 0.266 e. The van der Waals surface area contributed by atoms with Crippen LogP contribution in [0.2, 0.25) is 0 Å². The number of amides is 1. The maximum atomic E-state index is 12.2. The molecule has 1 aromatic rings. The molecule has 2 aliphatic heterocycles. The summed E-state index contributed by atoms with van der Waals surface area (Å²) in [5.41, 5.74) is 1.90. The molecule has 18 heavy (non-hydrogen) atoms. The second-order valence-electron chi connectivity index (χ2n) is 4.73. The van der Waals surface area contributed by atoms with E-state index in [-0.39, 0.29) is 5.91 Å². The summed E-state index contributed by atoms with van der Waals surface area (Å²) < 4.78 is 0. The standard InChI is InChI=1S/C14H16N2O2/c17-14(16-8-4-5-9-16)13-10-12(15-18-13)11-6-2-1-3-7-11/h1-3,6-7,13H,4-5,8-10H2/t13-/m0/s1. The lowest BCUT2D eigenvalue weighted by molar-refractivity contribution is -0.140. The highest BCUT2D eigenvalue weighted by Crippen LogP contribution is 2.20. The molecule has 0 saturated carbocycles.